The van der Waals surface area contributed by atoms with Gasteiger partial charge in [0.05, 0.1) is 13.2 Å². The molecule has 4 heteroatoms. The molecule has 3 aliphatic rings. The Morgan fingerprint density at radius 3 is 2.20 bits per heavy atom. The molecular weight excluding hydrogens is 254 g/mol. The molecule has 0 atom stereocenters. The Labute approximate surface area is 118 Å². The molecule has 0 aromatic heterocycles. The number of fused-ring (bicyclic) bond motifs is 2. The number of phenols is 1. The molecule has 20 heavy (non-hydrogen) atoms. The number of aromatic hydroxyl groups is 1. The molecule has 0 radical (unpaired) electrons. The van der Waals surface area contributed by atoms with Crippen LogP contribution in [0.1, 0.15) is 48.8 Å². The summed E-state index contributed by atoms with van der Waals surface area (Å²) in [7, 11) is 0. The van der Waals surface area contributed by atoms with Gasteiger partial charge in [0.25, 0.3) is 0 Å². The minimum absolute atomic E-state index is 0.278. The van der Waals surface area contributed by atoms with Crippen molar-refractivity contribution in [3.63, 3.8) is 0 Å². The van der Waals surface area contributed by atoms with Gasteiger partial charge in [-0.25, -0.2) is 0 Å². The lowest BCUT2D eigenvalue weighted by atomic mass is 9.69. The van der Waals surface area contributed by atoms with E-state index in [9.17, 15) is 5.11 Å². The van der Waals surface area contributed by atoms with Gasteiger partial charge in [0.15, 0.2) is 11.5 Å². The largest absolute Gasteiger partial charge is 0.504 e. The zero-order valence-electron chi connectivity index (χ0n) is 11.7. The molecule has 1 saturated carbocycles. The van der Waals surface area contributed by atoms with Crippen LogP contribution in [0.3, 0.4) is 0 Å². The van der Waals surface area contributed by atoms with Crippen LogP contribution in [-0.4, -0.2) is 18.3 Å². The van der Waals surface area contributed by atoms with Gasteiger partial charge in [0.2, 0.25) is 0 Å². The van der Waals surface area contributed by atoms with E-state index in [0.717, 1.165) is 67.6 Å². The van der Waals surface area contributed by atoms with Crippen molar-refractivity contribution in [2.75, 3.05) is 13.2 Å². The second kappa shape index (κ2) is 4.29. The molecule has 2 aliphatic heterocycles. The van der Waals surface area contributed by atoms with Crippen LogP contribution in [0.4, 0.5) is 0 Å². The van der Waals surface area contributed by atoms with Crippen molar-refractivity contribution in [2.24, 2.45) is 5.73 Å². The summed E-state index contributed by atoms with van der Waals surface area (Å²) in [6.45, 7) is 1.40. The van der Waals surface area contributed by atoms with Crippen molar-refractivity contribution in [3.8, 4) is 17.2 Å². The first kappa shape index (κ1) is 12.3. The first-order chi connectivity index (χ1) is 9.71. The van der Waals surface area contributed by atoms with Crippen molar-refractivity contribution >= 4 is 0 Å². The Hall–Kier alpha value is -1.42. The average Bonchev–Trinajstić information content (AvgIpc) is 2.46. The van der Waals surface area contributed by atoms with Gasteiger partial charge in [-0.15, -0.1) is 0 Å². The van der Waals surface area contributed by atoms with Crippen molar-refractivity contribution in [1.82, 2.24) is 0 Å². The zero-order valence-corrected chi connectivity index (χ0v) is 11.7. The summed E-state index contributed by atoms with van der Waals surface area (Å²) in [4.78, 5) is 0. The molecule has 0 saturated heterocycles. The molecule has 1 aromatic carbocycles. The van der Waals surface area contributed by atoms with E-state index in [1.54, 1.807) is 0 Å². The highest BCUT2D eigenvalue weighted by molar-refractivity contribution is 5.65. The van der Waals surface area contributed by atoms with E-state index < -0.39 is 0 Å². The topological polar surface area (TPSA) is 64.7 Å². The number of hydrogen-bond donors (Lipinski definition) is 2. The van der Waals surface area contributed by atoms with E-state index in [-0.39, 0.29) is 5.54 Å². The maximum atomic E-state index is 10.5. The summed E-state index contributed by atoms with van der Waals surface area (Å²) in [6.07, 6.45) is 6.86. The van der Waals surface area contributed by atoms with Crippen molar-refractivity contribution in [1.29, 1.82) is 0 Å². The zero-order chi connectivity index (χ0) is 13.7. The summed E-state index contributed by atoms with van der Waals surface area (Å²) in [5.41, 5.74) is 9.46. The van der Waals surface area contributed by atoms with E-state index in [1.165, 1.54) is 6.42 Å². The third-order valence-electron chi connectivity index (χ3n) is 4.96. The summed E-state index contributed by atoms with van der Waals surface area (Å²) in [5, 5.41) is 10.5. The van der Waals surface area contributed by atoms with Gasteiger partial charge in [-0.1, -0.05) is 0 Å². The molecule has 0 spiro atoms. The third kappa shape index (κ3) is 1.57. The summed E-state index contributed by atoms with van der Waals surface area (Å²) < 4.78 is 11.7. The molecule has 0 unspecified atom stereocenters. The quantitative estimate of drug-likeness (QED) is 0.826. The van der Waals surface area contributed by atoms with Crippen LogP contribution in [-0.2, 0) is 18.4 Å². The van der Waals surface area contributed by atoms with Crippen LogP contribution in [0.25, 0.3) is 0 Å². The predicted molar refractivity (Wildman–Crippen MR) is 75.5 cm³/mol. The van der Waals surface area contributed by atoms with Gasteiger partial charge in [0, 0.05) is 22.2 Å². The summed E-state index contributed by atoms with van der Waals surface area (Å²) in [6, 6.07) is 0. The van der Waals surface area contributed by atoms with Crippen LogP contribution in [0.2, 0.25) is 0 Å². The molecule has 108 valence electrons. The van der Waals surface area contributed by atoms with E-state index in [0.29, 0.717) is 18.1 Å². The monoisotopic (exact) mass is 275 g/mol. The maximum Gasteiger partial charge on any atom is 0.165 e. The number of rotatable bonds is 1. The number of benzene rings is 1. The fourth-order valence-electron chi connectivity index (χ4n) is 3.75. The number of nitrogens with two attached hydrogens (primary N) is 1. The van der Waals surface area contributed by atoms with Gasteiger partial charge < -0.3 is 20.3 Å². The lowest BCUT2D eigenvalue weighted by molar-refractivity contribution is 0.212. The Morgan fingerprint density at radius 2 is 1.55 bits per heavy atom. The molecule has 4 nitrogen and oxygen atoms in total. The van der Waals surface area contributed by atoms with E-state index in [2.05, 4.69) is 0 Å². The van der Waals surface area contributed by atoms with Gasteiger partial charge >= 0.3 is 0 Å². The smallest absolute Gasteiger partial charge is 0.165 e. The molecule has 1 aromatic rings. The van der Waals surface area contributed by atoms with Crippen LogP contribution in [0.15, 0.2) is 0 Å². The van der Waals surface area contributed by atoms with Crippen LogP contribution in [0.5, 0.6) is 17.2 Å². The van der Waals surface area contributed by atoms with Crippen molar-refractivity contribution in [3.05, 3.63) is 16.7 Å². The number of ether oxygens (including phenoxy) is 2. The van der Waals surface area contributed by atoms with E-state index in [1.807, 2.05) is 0 Å². The number of phenolic OH excluding ortho intramolecular Hbond substituents is 1. The Balaban J connectivity index is 1.99. The normalized spacial score (nSPS) is 22.9. The lowest BCUT2D eigenvalue weighted by Gasteiger charge is -2.43. The molecular formula is C16H21NO3. The molecule has 0 bridgehead atoms. The molecule has 3 N–H and O–H groups in total. The Morgan fingerprint density at radius 1 is 0.900 bits per heavy atom. The van der Waals surface area contributed by atoms with Crippen LogP contribution in [0, 0.1) is 0 Å². The summed E-state index contributed by atoms with van der Waals surface area (Å²) in [5.74, 6) is 1.83. The molecule has 4 rings (SSSR count). The standard InChI is InChI=1S/C16H21NO3/c17-16(6-3-7-16)12-10-4-1-9-20-15(10)13(18)11-5-2-8-19-14(11)12/h18H,1-9,17H2. The predicted octanol–water partition coefficient (Wildman–Crippen LogP) is 2.38. The summed E-state index contributed by atoms with van der Waals surface area (Å²) >= 11 is 0. The number of hydrogen-bond acceptors (Lipinski definition) is 4. The van der Waals surface area contributed by atoms with Gasteiger partial charge in [0.1, 0.15) is 5.75 Å². The minimum atomic E-state index is -0.278. The second-order valence-corrected chi connectivity index (χ2v) is 6.25. The fourth-order valence-corrected chi connectivity index (χ4v) is 3.75. The van der Waals surface area contributed by atoms with Gasteiger partial charge in [-0.2, -0.15) is 0 Å². The van der Waals surface area contributed by atoms with Crippen molar-refractivity contribution in [2.45, 2.75) is 50.5 Å². The highest BCUT2D eigenvalue weighted by Crippen LogP contribution is 2.54. The van der Waals surface area contributed by atoms with Crippen LogP contribution >= 0.6 is 0 Å². The molecule has 2 heterocycles. The first-order valence-electron chi connectivity index (χ1n) is 7.66. The van der Waals surface area contributed by atoms with Gasteiger partial charge in [-0.3, -0.25) is 0 Å². The fraction of sp³-hybridized carbons (Fsp3) is 0.625. The Kier molecular flexibility index (Phi) is 2.64. The minimum Gasteiger partial charge on any atom is -0.504 e. The highest BCUT2D eigenvalue weighted by Gasteiger charge is 2.42. The van der Waals surface area contributed by atoms with E-state index in [4.69, 9.17) is 15.2 Å². The van der Waals surface area contributed by atoms with E-state index >= 15 is 0 Å². The Bertz CT molecular complexity index is 526. The van der Waals surface area contributed by atoms with Crippen molar-refractivity contribution < 1.29 is 14.6 Å². The van der Waals surface area contributed by atoms with Crippen LogP contribution < -0.4 is 15.2 Å². The lowest BCUT2D eigenvalue weighted by Crippen LogP contribution is -2.45. The average molecular weight is 275 g/mol. The third-order valence-corrected chi connectivity index (χ3v) is 4.96. The molecule has 0 amide bonds. The first-order valence-corrected chi connectivity index (χ1v) is 7.66. The van der Waals surface area contributed by atoms with Gasteiger partial charge in [-0.05, 0) is 44.9 Å². The highest BCUT2D eigenvalue weighted by atomic mass is 16.5. The second-order valence-electron chi connectivity index (χ2n) is 6.25. The maximum absolute atomic E-state index is 10.5. The SMILES string of the molecule is NC1(c2c3c(c(O)c4c2OCCC4)OCCC3)CCC1. The molecule has 1 aliphatic carbocycles. The molecule has 1 fully saturated rings.